The van der Waals surface area contributed by atoms with Crippen LogP contribution in [0.25, 0.3) is 0 Å². The first-order chi connectivity index (χ1) is 0. The molecule has 0 heterocycles. The summed E-state index contributed by atoms with van der Waals surface area (Å²) in [4.78, 5) is 0. The third-order valence-corrected chi connectivity index (χ3v) is 0. The van der Waals surface area contributed by atoms with E-state index in [2.05, 4.69) is 0 Å². The van der Waals surface area contributed by atoms with Crippen molar-refractivity contribution in [1.29, 1.82) is 0 Å². The maximum Gasteiger partial charge on any atom is 0 e. The molecule has 37 valence electrons. The topological polar surface area (TPSA) is 0 Å². The van der Waals surface area contributed by atoms with Crippen molar-refractivity contribution in [2.24, 2.45) is 0 Å². The molecule has 0 aliphatic rings. The molecule has 5 heavy (non-hydrogen) atoms. The van der Waals surface area contributed by atoms with Crippen LogP contribution in [0.2, 0.25) is 0 Å². The molecular formula is HCo2LiMnNi. The van der Waals surface area contributed by atoms with Gasteiger partial charge in [-0.1, -0.05) is 0 Å². The summed E-state index contributed by atoms with van der Waals surface area (Å²) >= 11 is 0. The molecule has 0 nitrogen and oxygen atoms in total. The van der Waals surface area contributed by atoms with E-state index in [-0.39, 0.29) is 86.0 Å². The quantitative estimate of drug-likeness (QED) is 0.493. The standard InChI is InChI=1S/2Co.Li.Mn.Ni.H. The average molecular weight is 239 g/mol. The van der Waals surface area contributed by atoms with Crippen molar-refractivity contribution in [3.63, 3.8) is 0 Å². The van der Waals surface area contributed by atoms with Crippen molar-refractivity contribution in [3.8, 4) is 0 Å². The molecule has 0 aliphatic heterocycles. The van der Waals surface area contributed by atoms with Crippen LogP contribution < -0.4 is 0 Å². The van der Waals surface area contributed by atoms with Crippen molar-refractivity contribution in [2.75, 3.05) is 0 Å². The van der Waals surface area contributed by atoms with Crippen LogP contribution in [-0.2, 0) is 67.1 Å². The Hall–Kier alpha value is 2.62. The van der Waals surface area contributed by atoms with Gasteiger partial charge in [0.1, 0.15) is 0 Å². The fraction of sp³-hybridized carbons (Fsp3) is 0. The number of hydrogen-bond acceptors (Lipinski definition) is 0. The monoisotopic (exact) mass is 239 g/mol. The van der Waals surface area contributed by atoms with E-state index < -0.39 is 0 Å². The normalized spacial score (nSPS) is 0. The van der Waals surface area contributed by atoms with Crippen LogP contribution in [0.5, 0.6) is 0 Å². The first-order valence-corrected chi connectivity index (χ1v) is 0. The van der Waals surface area contributed by atoms with Crippen molar-refractivity contribution in [2.45, 2.75) is 0 Å². The molecular weight excluding hydrogens is 238 g/mol. The summed E-state index contributed by atoms with van der Waals surface area (Å²) in [6.45, 7) is 0. The molecule has 0 bridgehead atoms. The molecule has 0 saturated heterocycles. The molecule has 0 spiro atoms. The fourth-order valence-corrected chi connectivity index (χ4v) is 0. The largest absolute Gasteiger partial charge is 0 e. The van der Waals surface area contributed by atoms with Crippen LogP contribution in [0.4, 0.5) is 0 Å². The van der Waals surface area contributed by atoms with E-state index in [1.54, 1.807) is 0 Å². The number of rotatable bonds is 0. The Morgan fingerprint density at radius 2 is 0.800 bits per heavy atom. The molecule has 0 atom stereocenters. The molecule has 0 saturated carbocycles. The van der Waals surface area contributed by atoms with Crippen LogP contribution in [0.3, 0.4) is 0 Å². The van der Waals surface area contributed by atoms with Crippen molar-refractivity contribution >= 4 is 18.9 Å². The van der Waals surface area contributed by atoms with Gasteiger partial charge in [-0.2, -0.15) is 0 Å². The van der Waals surface area contributed by atoms with E-state index in [0.29, 0.717) is 0 Å². The first-order valence-electron chi connectivity index (χ1n) is 0. The Morgan fingerprint density at radius 3 is 0.800 bits per heavy atom. The summed E-state index contributed by atoms with van der Waals surface area (Å²) in [5, 5.41) is 0. The van der Waals surface area contributed by atoms with Crippen molar-refractivity contribution in [1.82, 2.24) is 0 Å². The van der Waals surface area contributed by atoms with Gasteiger partial charge in [-0.25, -0.2) is 0 Å². The summed E-state index contributed by atoms with van der Waals surface area (Å²) in [7, 11) is 0. The van der Waals surface area contributed by atoms with Gasteiger partial charge in [0.05, 0.1) is 0 Å². The molecule has 0 aliphatic carbocycles. The second-order valence-corrected chi connectivity index (χ2v) is 0. The van der Waals surface area contributed by atoms with Gasteiger partial charge in [-0.3, -0.25) is 0 Å². The van der Waals surface area contributed by atoms with Crippen LogP contribution in [0, 0.1) is 0 Å². The second kappa shape index (κ2) is 30.4. The van der Waals surface area contributed by atoms with Gasteiger partial charge in [0.2, 0.25) is 0 Å². The summed E-state index contributed by atoms with van der Waals surface area (Å²) in [6.07, 6.45) is 0. The molecule has 0 N–H and O–H groups in total. The summed E-state index contributed by atoms with van der Waals surface area (Å²) in [5.41, 5.74) is 0. The maximum atomic E-state index is 0. The van der Waals surface area contributed by atoms with E-state index in [0.717, 1.165) is 0 Å². The van der Waals surface area contributed by atoms with Gasteiger partial charge >= 0.3 is 18.9 Å². The Morgan fingerprint density at radius 1 is 0.800 bits per heavy atom. The molecule has 0 fully saturated rings. The average Bonchev–Trinajstić information content (AvgIpc) is 0. The van der Waals surface area contributed by atoms with Crippen molar-refractivity contribution in [3.05, 3.63) is 0 Å². The molecule has 0 rings (SSSR count). The Bertz CT molecular complexity index is 9.61. The first kappa shape index (κ1) is 48.6. The predicted molar refractivity (Wildman–Crippen MR) is 7.15 cm³/mol. The summed E-state index contributed by atoms with van der Waals surface area (Å²) in [5.74, 6) is 0. The van der Waals surface area contributed by atoms with E-state index in [1.165, 1.54) is 0 Å². The van der Waals surface area contributed by atoms with Gasteiger partial charge in [0.25, 0.3) is 0 Å². The van der Waals surface area contributed by atoms with E-state index in [4.69, 9.17) is 0 Å². The summed E-state index contributed by atoms with van der Waals surface area (Å²) in [6, 6.07) is 0. The minimum Gasteiger partial charge on any atom is 0 e. The van der Waals surface area contributed by atoms with Crippen LogP contribution in [0.1, 0.15) is 0 Å². The third kappa shape index (κ3) is 20.6. The zero-order valence-electron chi connectivity index (χ0n) is 1.36. The third-order valence-electron chi connectivity index (χ3n) is 0. The zero-order valence-corrected chi connectivity index (χ0v) is 5.61. The zero-order chi connectivity index (χ0) is 0. The SMILES string of the molecule is [Co].[Co].[LiH].[Mn].[Ni]. The molecule has 0 aromatic carbocycles. The summed E-state index contributed by atoms with van der Waals surface area (Å²) < 4.78 is 0. The molecule has 3 radical (unpaired) electrons. The van der Waals surface area contributed by atoms with E-state index in [9.17, 15) is 0 Å². The molecule has 5 heteroatoms. The van der Waals surface area contributed by atoms with Gasteiger partial charge in [0.15, 0.2) is 0 Å². The van der Waals surface area contributed by atoms with Crippen molar-refractivity contribution < 1.29 is 67.1 Å². The smallest absolute Gasteiger partial charge is 0 e. The van der Waals surface area contributed by atoms with Crippen LogP contribution >= 0.6 is 0 Å². The Labute approximate surface area is 84.9 Å². The minimum atomic E-state index is 0. The molecule has 0 amide bonds. The molecule has 0 aromatic rings. The Balaban J connectivity index is 0. The molecule has 0 aromatic heterocycles. The second-order valence-electron chi connectivity index (χ2n) is 0. The van der Waals surface area contributed by atoms with E-state index >= 15 is 0 Å². The molecule has 0 unspecified atom stereocenters. The predicted octanol–water partition coefficient (Wildman–Crippen LogP) is -0.659. The van der Waals surface area contributed by atoms with Gasteiger partial charge < -0.3 is 0 Å². The van der Waals surface area contributed by atoms with Gasteiger partial charge in [-0.05, 0) is 0 Å². The Kier molecular flexibility index (Phi) is 296. The van der Waals surface area contributed by atoms with E-state index in [1.807, 2.05) is 0 Å². The van der Waals surface area contributed by atoms with Crippen LogP contribution in [-0.4, -0.2) is 18.9 Å². The van der Waals surface area contributed by atoms with Gasteiger partial charge in [0, 0.05) is 67.1 Å². The van der Waals surface area contributed by atoms with Gasteiger partial charge in [-0.15, -0.1) is 0 Å². The number of hydrogen-bond donors (Lipinski definition) is 0. The fourth-order valence-electron chi connectivity index (χ4n) is 0. The maximum absolute atomic E-state index is 0. The minimum absolute atomic E-state index is 0. The van der Waals surface area contributed by atoms with Crippen LogP contribution in [0.15, 0.2) is 0 Å².